The zero-order chi connectivity index (χ0) is 13.2. The van der Waals surface area contributed by atoms with Gasteiger partial charge in [0, 0.05) is 19.3 Å². The normalized spacial score (nSPS) is 13.4. The van der Waals surface area contributed by atoms with E-state index in [-0.39, 0.29) is 17.2 Å². The summed E-state index contributed by atoms with van der Waals surface area (Å²) in [7, 11) is -2.29. The fraction of sp³-hybridized carbons (Fsp3) is 0.444. The number of primary sulfonamides is 1. The van der Waals surface area contributed by atoms with Crippen molar-refractivity contribution in [3.8, 4) is 0 Å². The number of carbonyl (C=O) groups is 1. The Hall–Kier alpha value is -1.38. The first-order chi connectivity index (χ1) is 7.75. The van der Waals surface area contributed by atoms with Crippen molar-refractivity contribution in [2.45, 2.75) is 17.9 Å². The van der Waals surface area contributed by atoms with Gasteiger partial charge < -0.3 is 15.0 Å². The van der Waals surface area contributed by atoms with E-state index in [1.807, 2.05) is 0 Å². The lowest BCUT2D eigenvalue weighted by molar-refractivity contribution is 0.0914. The van der Waals surface area contributed by atoms with Gasteiger partial charge in [-0.15, -0.1) is 0 Å². The highest BCUT2D eigenvalue weighted by molar-refractivity contribution is 7.89. The van der Waals surface area contributed by atoms with Crippen LogP contribution in [-0.2, 0) is 17.1 Å². The average Bonchev–Trinajstić information content (AvgIpc) is 2.59. The van der Waals surface area contributed by atoms with Gasteiger partial charge in [-0.2, -0.15) is 0 Å². The van der Waals surface area contributed by atoms with Crippen LogP contribution in [0.25, 0.3) is 0 Å². The highest BCUT2D eigenvalue weighted by atomic mass is 32.2. The van der Waals surface area contributed by atoms with E-state index in [1.165, 1.54) is 23.9 Å². The van der Waals surface area contributed by atoms with E-state index in [1.54, 1.807) is 6.92 Å². The maximum Gasteiger partial charge on any atom is 0.268 e. The molecule has 1 aromatic heterocycles. The van der Waals surface area contributed by atoms with Gasteiger partial charge in [-0.1, -0.05) is 0 Å². The lowest BCUT2D eigenvalue weighted by Crippen LogP contribution is -2.35. The zero-order valence-electron chi connectivity index (χ0n) is 9.54. The third kappa shape index (κ3) is 3.29. The largest absolute Gasteiger partial charge is 0.394 e. The van der Waals surface area contributed by atoms with Crippen LogP contribution in [0.3, 0.4) is 0 Å². The van der Waals surface area contributed by atoms with Crippen molar-refractivity contribution < 1.29 is 18.3 Å². The Bertz CT molecular complexity index is 520. The second-order valence-corrected chi connectivity index (χ2v) is 5.34. The van der Waals surface area contributed by atoms with Crippen molar-refractivity contribution in [2.24, 2.45) is 12.2 Å². The van der Waals surface area contributed by atoms with Crippen LogP contribution >= 0.6 is 0 Å². The predicted molar refractivity (Wildman–Crippen MR) is 60.8 cm³/mol. The van der Waals surface area contributed by atoms with Crippen LogP contribution in [0.4, 0.5) is 0 Å². The predicted octanol–water partition coefficient (Wildman–Crippen LogP) is -1.22. The van der Waals surface area contributed by atoms with Gasteiger partial charge in [-0.05, 0) is 13.0 Å². The zero-order valence-corrected chi connectivity index (χ0v) is 10.4. The van der Waals surface area contributed by atoms with Crippen molar-refractivity contribution >= 4 is 15.9 Å². The van der Waals surface area contributed by atoms with Crippen LogP contribution in [0.2, 0.25) is 0 Å². The molecule has 0 saturated heterocycles. The molecule has 0 radical (unpaired) electrons. The molecule has 17 heavy (non-hydrogen) atoms. The fourth-order valence-electron chi connectivity index (χ4n) is 1.26. The number of aromatic nitrogens is 1. The van der Waals surface area contributed by atoms with Crippen molar-refractivity contribution in [3.63, 3.8) is 0 Å². The van der Waals surface area contributed by atoms with E-state index >= 15 is 0 Å². The molecule has 1 heterocycles. The molecule has 4 N–H and O–H groups in total. The molecule has 0 aliphatic rings. The Morgan fingerprint density at radius 1 is 1.65 bits per heavy atom. The van der Waals surface area contributed by atoms with Crippen LogP contribution in [-0.4, -0.2) is 36.6 Å². The standard InChI is InChI=1S/C9H15N3O4S/c1-6(5-13)11-9(14)8-3-7(4-12(8)2)17(10,15)16/h3-4,6,13H,5H2,1-2H3,(H,11,14)(H2,10,15,16). The number of rotatable bonds is 4. The summed E-state index contributed by atoms with van der Waals surface area (Å²) in [5, 5.41) is 16.3. The Morgan fingerprint density at radius 2 is 2.24 bits per heavy atom. The summed E-state index contributed by atoms with van der Waals surface area (Å²) in [6, 6.07) is 0.782. The van der Waals surface area contributed by atoms with Gasteiger partial charge in [0.2, 0.25) is 10.0 Å². The number of nitrogens with zero attached hydrogens (tertiary/aromatic N) is 1. The summed E-state index contributed by atoms with van der Waals surface area (Å²) < 4.78 is 23.5. The second kappa shape index (κ2) is 4.86. The first-order valence-electron chi connectivity index (χ1n) is 4.86. The Balaban J connectivity index is 3.00. The van der Waals surface area contributed by atoms with Gasteiger partial charge in [-0.3, -0.25) is 4.79 Å². The number of hydrogen-bond acceptors (Lipinski definition) is 4. The lowest BCUT2D eigenvalue weighted by atomic mass is 10.3. The number of aryl methyl sites for hydroxylation is 1. The second-order valence-electron chi connectivity index (χ2n) is 3.77. The number of sulfonamides is 1. The Kier molecular flexibility index (Phi) is 3.91. The fourth-order valence-corrected chi connectivity index (χ4v) is 1.84. The van der Waals surface area contributed by atoms with Crippen molar-refractivity contribution in [1.29, 1.82) is 0 Å². The first-order valence-corrected chi connectivity index (χ1v) is 6.41. The third-order valence-corrected chi connectivity index (χ3v) is 3.07. The quantitative estimate of drug-likeness (QED) is 0.630. The minimum Gasteiger partial charge on any atom is -0.394 e. The number of aliphatic hydroxyl groups is 1. The van der Waals surface area contributed by atoms with E-state index in [2.05, 4.69) is 5.32 Å². The van der Waals surface area contributed by atoms with Crippen LogP contribution in [0, 0.1) is 0 Å². The van der Waals surface area contributed by atoms with Gasteiger partial charge in [0.1, 0.15) is 10.6 Å². The molecular formula is C9H15N3O4S. The molecule has 0 bridgehead atoms. The number of aliphatic hydroxyl groups excluding tert-OH is 1. The van der Waals surface area contributed by atoms with Crippen LogP contribution < -0.4 is 10.5 Å². The molecule has 1 atom stereocenters. The Labute approximate surface area is 99.3 Å². The van der Waals surface area contributed by atoms with Gasteiger partial charge in [0.25, 0.3) is 5.91 Å². The lowest BCUT2D eigenvalue weighted by Gasteiger charge is -2.10. The average molecular weight is 261 g/mol. The van der Waals surface area contributed by atoms with Gasteiger partial charge in [-0.25, -0.2) is 13.6 Å². The summed E-state index contributed by atoms with van der Waals surface area (Å²) >= 11 is 0. The minimum absolute atomic E-state index is 0.123. The number of hydrogen-bond donors (Lipinski definition) is 3. The summed E-state index contributed by atoms with van der Waals surface area (Å²) in [4.78, 5) is 11.6. The molecule has 1 aromatic rings. The number of nitrogens with one attached hydrogen (secondary N) is 1. The maximum atomic E-state index is 11.7. The van der Waals surface area contributed by atoms with Gasteiger partial charge >= 0.3 is 0 Å². The molecule has 1 amide bonds. The summed E-state index contributed by atoms with van der Waals surface area (Å²) in [5.41, 5.74) is 0.161. The molecular weight excluding hydrogens is 246 g/mol. The Morgan fingerprint density at radius 3 is 2.65 bits per heavy atom. The van der Waals surface area contributed by atoms with Crippen LogP contribution in [0.15, 0.2) is 17.2 Å². The van der Waals surface area contributed by atoms with E-state index in [9.17, 15) is 13.2 Å². The molecule has 1 rings (SSSR count). The summed E-state index contributed by atoms with van der Waals surface area (Å²) in [6.45, 7) is 1.43. The van der Waals surface area contributed by atoms with Crippen molar-refractivity contribution in [3.05, 3.63) is 18.0 Å². The van der Waals surface area contributed by atoms with Crippen LogP contribution in [0.1, 0.15) is 17.4 Å². The number of nitrogens with two attached hydrogens (primary N) is 1. The first kappa shape index (κ1) is 13.7. The maximum absolute atomic E-state index is 11.7. The number of amides is 1. The van der Waals surface area contributed by atoms with Crippen molar-refractivity contribution in [1.82, 2.24) is 9.88 Å². The third-order valence-electron chi connectivity index (χ3n) is 2.19. The van der Waals surface area contributed by atoms with E-state index in [4.69, 9.17) is 10.2 Å². The highest BCUT2D eigenvalue weighted by Crippen LogP contribution is 2.11. The highest BCUT2D eigenvalue weighted by Gasteiger charge is 2.18. The molecule has 0 aliphatic carbocycles. The monoisotopic (exact) mass is 261 g/mol. The molecule has 0 spiro atoms. The minimum atomic E-state index is -3.82. The van der Waals surface area contributed by atoms with Gasteiger partial charge in [0.05, 0.1) is 6.61 Å². The SMILES string of the molecule is CC(CO)NC(=O)c1cc(S(N)(=O)=O)cn1C. The molecule has 0 aliphatic heterocycles. The molecule has 0 aromatic carbocycles. The number of carbonyl (C=O) groups excluding carboxylic acids is 1. The summed E-state index contributed by atoms with van der Waals surface area (Å²) in [5.74, 6) is -0.469. The molecule has 0 fully saturated rings. The van der Waals surface area contributed by atoms with Crippen LogP contribution in [0.5, 0.6) is 0 Å². The molecule has 0 saturated carbocycles. The molecule has 8 heteroatoms. The van der Waals surface area contributed by atoms with Gasteiger partial charge in [0.15, 0.2) is 0 Å². The van der Waals surface area contributed by atoms with E-state index in [0.29, 0.717) is 0 Å². The topological polar surface area (TPSA) is 114 Å². The summed E-state index contributed by atoms with van der Waals surface area (Å²) in [6.07, 6.45) is 1.26. The molecule has 1 unspecified atom stereocenters. The smallest absolute Gasteiger partial charge is 0.268 e. The van der Waals surface area contributed by atoms with E-state index < -0.39 is 22.0 Å². The van der Waals surface area contributed by atoms with E-state index in [0.717, 1.165) is 0 Å². The van der Waals surface area contributed by atoms with Crippen molar-refractivity contribution in [2.75, 3.05) is 6.61 Å². The molecule has 96 valence electrons. The molecule has 7 nitrogen and oxygen atoms in total.